The highest BCUT2D eigenvalue weighted by Crippen LogP contribution is 2.42. The molecule has 2 rings (SSSR count). The fraction of sp³-hybridized carbons (Fsp3) is 1.00. The van der Waals surface area contributed by atoms with E-state index in [0.717, 1.165) is 6.42 Å². The van der Waals surface area contributed by atoms with Crippen LogP contribution < -0.4 is 0 Å². The van der Waals surface area contributed by atoms with Crippen molar-refractivity contribution in [3.8, 4) is 0 Å². The van der Waals surface area contributed by atoms with E-state index in [1.807, 2.05) is 0 Å². The van der Waals surface area contributed by atoms with Crippen LogP contribution in [0.2, 0.25) is 0 Å². The van der Waals surface area contributed by atoms with E-state index in [2.05, 4.69) is 6.92 Å². The van der Waals surface area contributed by atoms with Gasteiger partial charge in [0.05, 0.1) is 18.8 Å². The van der Waals surface area contributed by atoms with Gasteiger partial charge in [0.1, 0.15) is 6.10 Å². The number of methoxy groups -OCH3 is 1. The average Bonchev–Trinajstić information content (AvgIpc) is 2.91. The molecule has 0 aromatic rings. The highest BCUT2D eigenvalue weighted by Gasteiger charge is 2.43. The molecule has 1 heterocycles. The molecule has 1 N–H and O–H groups in total. The third-order valence-electron chi connectivity index (χ3n) is 6.08. The van der Waals surface area contributed by atoms with E-state index >= 15 is 0 Å². The van der Waals surface area contributed by atoms with Crippen molar-refractivity contribution in [2.75, 3.05) is 13.7 Å². The standard InChI is InChI=1S/C20H38O3/c1-20(19-15-17(21)18(23-19)16-22-2)13-11-9-7-5-3-4-6-8-10-12-14-20/h17-19,21H,3-16H2,1-2H3/t17?,18-,19-/m1/s1. The lowest BCUT2D eigenvalue weighted by Gasteiger charge is -2.36. The van der Waals surface area contributed by atoms with Crippen LogP contribution in [0.3, 0.4) is 0 Å². The summed E-state index contributed by atoms with van der Waals surface area (Å²) in [6, 6.07) is 0. The van der Waals surface area contributed by atoms with Crippen LogP contribution in [0.25, 0.3) is 0 Å². The number of ether oxygens (including phenoxy) is 2. The van der Waals surface area contributed by atoms with Crippen molar-refractivity contribution in [2.24, 2.45) is 5.41 Å². The zero-order valence-corrected chi connectivity index (χ0v) is 15.4. The van der Waals surface area contributed by atoms with Gasteiger partial charge in [-0.25, -0.2) is 0 Å². The first-order valence-electron chi connectivity index (χ1n) is 9.98. The van der Waals surface area contributed by atoms with Crippen LogP contribution in [0.4, 0.5) is 0 Å². The first kappa shape index (κ1) is 19.2. The van der Waals surface area contributed by atoms with Gasteiger partial charge in [0.2, 0.25) is 0 Å². The molecule has 1 aliphatic carbocycles. The molecule has 3 nitrogen and oxygen atoms in total. The average molecular weight is 327 g/mol. The second-order valence-electron chi connectivity index (χ2n) is 8.11. The lowest BCUT2D eigenvalue weighted by Crippen LogP contribution is -2.33. The molecule has 3 heteroatoms. The quantitative estimate of drug-likeness (QED) is 0.805. The van der Waals surface area contributed by atoms with Gasteiger partial charge in [-0.15, -0.1) is 0 Å². The maximum Gasteiger partial charge on any atom is 0.107 e. The number of hydrogen-bond acceptors (Lipinski definition) is 3. The first-order chi connectivity index (χ1) is 11.2. The summed E-state index contributed by atoms with van der Waals surface area (Å²) in [5.41, 5.74) is 0.220. The Morgan fingerprint density at radius 2 is 1.39 bits per heavy atom. The Balaban J connectivity index is 1.93. The minimum Gasteiger partial charge on any atom is -0.390 e. The predicted octanol–water partition coefficient (Wildman–Crippen LogP) is 4.85. The minimum atomic E-state index is -0.360. The number of rotatable bonds is 3. The zero-order chi connectivity index (χ0) is 16.5. The number of aliphatic hydroxyl groups is 1. The highest BCUT2D eigenvalue weighted by atomic mass is 16.6. The predicted molar refractivity (Wildman–Crippen MR) is 94.7 cm³/mol. The van der Waals surface area contributed by atoms with Crippen LogP contribution in [-0.2, 0) is 9.47 Å². The van der Waals surface area contributed by atoms with Crippen molar-refractivity contribution in [1.82, 2.24) is 0 Å². The molecule has 136 valence electrons. The van der Waals surface area contributed by atoms with Crippen LogP contribution in [0, 0.1) is 5.41 Å². The van der Waals surface area contributed by atoms with Gasteiger partial charge in [0, 0.05) is 13.5 Å². The normalized spacial score (nSPS) is 34.3. The second kappa shape index (κ2) is 10.0. The van der Waals surface area contributed by atoms with Crippen molar-refractivity contribution in [3.63, 3.8) is 0 Å². The molecule has 1 saturated heterocycles. The summed E-state index contributed by atoms with van der Waals surface area (Å²) in [5, 5.41) is 10.3. The van der Waals surface area contributed by atoms with Gasteiger partial charge < -0.3 is 14.6 Å². The summed E-state index contributed by atoms with van der Waals surface area (Å²) in [5.74, 6) is 0. The fourth-order valence-corrected chi connectivity index (χ4v) is 4.41. The second-order valence-corrected chi connectivity index (χ2v) is 8.11. The van der Waals surface area contributed by atoms with E-state index in [1.54, 1.807) is 7.11 Å². The van der Waals surface area contributed by atoms with Gasteiger partial charge in [-0.3, -0.25) is 0 Å². The molecule has 1 saturated carbocycles. The number of aliphatic hydroxyl groups excluding tert-OH is 1. The third-order valence-corrected chi connectivity index (χ3v) is 6.08. The van der Waals surface area contributed by atoms with Crippen molar-refractivity contribution in [2.45, 2.75) is 109 Å². The Bertz CT molecular complexity index is 304. The molecule has 1 aliphatic heterocycles. The van der Waals surface area contributed by atoms with Crippen LogP contribution >= 0.6 is 0 Å². The van der Waals surface area contributed by atoms with Crippen molar-refractivity contribution >= 4 is 0 Å². The monoisotopic (exact) mass is 326 g/mol. The molecule has 0 amide bonds. The van der Waals surface area contributed by atoms with E-state index < -0.39 is 0 Å². The molecule has 1 unspecified atom stereocenters. The fourth-order valence-electron chi connectivity index (χ4n) is 4.41. The number of hydrogen-bond donors (Lipinski definition) is 1. The van der Waals surface area contributed by atoms with Gasteiger partial charge in [-0.05, 0) is 18.3 Å². The maximum atomic E-state index is 10.3. The minimum absolute atomic E-state index is 0.133. The summed E-state index contributed by atoms with van der Waals surface area (Å²) in [7, 11) is 1.68. The van der Waals surface area contributed by atoms with Crippen molar-refractivity contribution < 1.29 is 14.6 Å². The molecular formula is C20H38O3. The summed E-state index contributed by atoms with van der Waals surface area (Å²) in [6.45, 7) is 2.91. The van der Waals surface area contributed by atoms with E-state index in [-0.39, 0.29) is 23.7 Å². The van der Waals surface area contributed by atoms with E-state index in [4.69, 9.17) is 9.47 Å². The maximum absolute atomic E-state index is 10.3. The van der Waals surface area contributed by atoms with Crippen LogP contribution in [0.1, 0.15) is 90.4 Å². The molecule has 0 radical (unpaired) electrons. The van der Waals surface area contributed by atoms with Gasteiger partial charge in [-0.1, -0.05) is 71.1 Å². The topological polar surface area (TPSA) is 38.7 Å². The van der Waals surface area contributed by atoms with Gasteiger partial charge >= 0.3 is 0 Å². The summed E-state index contributed by atoms with van der Waals surface area (Å²) < 4.78 is 11.4. The Morgan fingerprint density at radius 1 is 0.913 bits per heavy atom. The molecular weight excluding hydrogens is 288 g/mol. The van der Waals surface area contributed by atoms with E-state index in [1.165, 1.54) is 77.0 Å². The molecule has 23 heavy (non-hydrogen) atoms. The van der Waals surface area contributed by atoms with Crippen molar-refractivity contribution in [1.29, 1.82) is 0 Å². The molecule has 0 aromatic heterocycles. The smallest absolute Gasteiger partial charge is 0.107 e. The third kappa shape index (κ3) is 6.03. The van der Waals surface area contributed by atoms with E-state index in [9.17, 15) is 5.11 Å². The molecule has 2 fully saturated rings. The summed E-state index contributed by atoms with van der Waals surface area (Å²) in [4.78, 5) is 0. The SMILES string of the molecule is COC[C@H]1O[C@@H](C2(C)CCCCCCCCCCCC2)CC1O. The van der Waals surface area contributed by atoms with Gasteiger partial charge in [0.25, 0.3) is 0 Å². The Labute approximate surface area is 143 Å². The molecule has 0 spiro atoms. The lowest BCUT2D eigenvalue weighted by atomic mass is 9.74. The highest BCUT2D eigenvalue weighted by molar-refractivity contribution is 4.92. The largest absolute Gasteiger partial charge is 0.390 e. The van der Waals surface area contributed by atoms with E-state index in [0.29, 0.717) is 6.61 Å². The van der Waals surface area contributed by atoms with Crippen LogP contribution in [-0.4, -0.2) is 37.1 Å². The lowest BCUT2D eigenvalue weighted by molar-refractivity contribution is -0.0737. The Hall–Kier alpha value is -0.120. The van der Waals surface area contributed by atoms with Gasteiger partial charge in [0.15, 0.2) is 0 Å². The first-order valence-corrected chi connectivity index (χ1v) is 9.98. The molecule has 0 bridgehead atoms. The zero-order valence-electron chi connectivity index (χ0n) is 15.4. The van der Waals surface area contributed by atoms with Gasteiger partial charge in [-0.2, -0.15) is 0 Å². The van der Waals surface area contributed by atoms with Crippen LogP contribution in [0.15, 0.2) is 0 Å². The Morgan fingerprint density at radius 3 is 1.87 bits per heavy atom. The summed E-state index contributed by atoms with van der Waals surface area (Å²) in [6.07, 6.45) is 16.7. The molecule has 0 aromatic carbocycles. The Kier molecular flexibility index (Phi) is 8.35. The molecule has 2 aliphatic rings. The summed E-state index contributed by atoms with van der Waals surface area (Å²) >= 11 is 0. The van der Waals surface area contributed by atoms with Crippen molar-refractivity contribution in [3.05, 3.63) is 0 Å². The van der Waals surface area contributed by atoms with Crippen LogP contribution in [0.5, 0.6) is 0 Å². The molecule has 3 atom stereocenters.